The molecule has 1 atom stereocenters. The molecule has 160 valence electrons. The van der Waals surface area contributed by atoms with Gasteiger partial charge < -0.3 is 9.73 Å². The SMILES string of the molecule is CC1CCc2c(sc3nc(SCC(=O)Nc4nccs4)n(Cc4ccco4)c(=O)c23)C1. The van der Waals surface area contributed by atoms with Gasteiger partial charge >= 0.3 is 0 Å². The predicted octanol–water partition coefficient (Wildman–Crippen LogP) is 4.41. The zero-order valence-corrected chi connectivity index (χ0v) is 19.2. The quantitative estimate of drug-likeness (QED) is 0.330. The lowest BCUT2D eigenvalue weighted by molar-refractivity contribution is -0.113. The van der Waals surface area contributed by atoms with Crippen LogP contribution in [-0.2, 0) is 24.2 Å². The van der Waals surface area contributed by atoms with Gasteiger partial charge in [0.25, 0.3) is 5.56 Å². The van der Waals surface area contributed by atoms with Gasteiger partial charge in [-0.2, -0.15) is 0 Å². The molecule has 1 unspecified atom stereocenters. The highest BCUT2D eigenvalue weighted by Crippen LogP contribution is 2.36. The molecule has 0 aromatic carbocycles. The number of carbonyl (C=O) groups is 1. The Labute approximate surface area is 190 Å². The standard InChI is InChI=1S/C21H20N4O3S3/c1-12-4-5-14-15(9-12)31-18-17(14)19(27)25(10-13-3-2-7-28-13)21(24-18)30-11-16(26)23-20-22-6-8-29-20/h2-3,6-8,12H,4-5,9-11H2,1H3,(H,22,23,26). The molecule has 0 radical (unpaired) electrons. The van der Waals surface area contributed by atoms with Gasteiger partial charge in [0.05, 0.1) is 23.9 Å². The monoisotopic (exact) mass is 472 g/mol. The maximum atomic E-state index is 13.6. The molecule has 0 fully saturated rings. The average Bonchev–Trinajstić information content (AvgIpc) is 3.49. The number of nitrogens with zero attached hydrogens (tertiary/aromatic N) is 3. The van der Waals surface area contributed by atoms with Crippen LogP contribution in [0.4, 0.5) is 5.13 Å². The highest BCUT2D eigenvalue weighted by Gasteiger charge is 2.25. The summed E-state index contributed by atoms with van der Waals surface area (Å²) >= 11 is 4.24. The fraction of sp³-hybridized carbons (Fsp3) is 0.333. The van der Waals surface area contributed by atoms with Crippen molar-refractivity contribution in [1.82, 2.24) is 14.5 Å². The molecule has 4 aromatic heterocycles. The molecule has 7 nitrogen and oxygen atoms in total. The smallest absolute Gasteiger partial charge is 0.263 e. The molecular formula is C21H20N4O3S3. The molecule has 5 rings (SSSR count). The van der Waals surface area contributed by atoms with Crippen LogP contribution in [0.2, 0.25) is 0 Å². The molecule has 0 saturated carbocycles. The van der Waals surface area contributed by atoms with Crippen LogP contribution < -0.4 is 10.9 Å². The Morgan fingerprint density at radius 2 is 2.35 bits per heavy atom. The molecule has 0 saturated heterocycles. The number of thiophene rings is 1. The summed E-state index contributed by atoms with van der Waals surface area (Å²) in [4.78, 5) is 36.9. The minimum Gasteiger partial charge on any atom is -0.467 e. The zero-order valence-electron chi connectivity index (χ0n) is 16.8. The van der Waals surface area contributed by atoms with Gasteiger partial charge in [-0.15, -0.1) is 22.7 Å². The molecule has 0 spiro atoms. The molecule has 1 amide bonds. The van der Waals surface area contributed by atoms with Gasteiger partial charge in [-0.1, -0.05) is 18.7 Å². The molecule has 0 bridgehead atoms. The van der Waals surface area contributed by atoms with E-state index in [0.29, 0.717) is 22.0 Å². The van der Waals surface area contributed by atoms with Gasteiger partial charge in [-0.25, -0.2) is 9.97 Å². The van der Waals surface area contributed by atoms with Gasteiger partial charge in [-0.3, -0.25) is 14.2 Å². The number of thiazole rings is 1. The van der Waals surface area contributed by atoms with Crippen molar-refractivity contribution < 1.29 is 9.21 Å². The number of hydrogen-bond acceptors (Lipinski definition) is 8. The number of amides is 1. The van der Waals surface area contributed by atoms with Crippen LogP contribution in [0.5, 0.6) is 0 Å². The number of thioether (sulfide) groups is 1. The summed E-state index contributed by atoms with van der Waals surface area (Å²) in [5.41, 5.74) is 1.10. The maximum Gasteiger partial charge on any atom is 0.263 e. The summed E-state index contributed by atoms with van der Waals surface area (Å²) < 4.78 is 7.12. The second-order valence-corrected chi connectivity index (χ2v) is 10.5. The first-order chi connectivity index (χ1) is 15.1. The summed E-state index contributed by atoms with van der Waals surface area (Å²) in [6.45, 7) is 2.53. The molecule has 1 aliphatic rings. The third-order valence-corrected chi connectivity index (χ3v) is 8.10. The van der Waals surface area contributed by atoms with Crippen LogP contribution in [0.1, 0.15) is 29.5 Å². The number of aromatic nitrogens is 3. The minimum absolute atomic E-state index is 0.0590. The first kappa shape index (κ1) is 20.5. The van der Waals surface area contributed by atoms with Crippen molar-refractivity contribution in [3.8, 4) is 0 Å². The Morgan fingerprint density at radius 1 is 1.45 bits per heavy atom. The van der Waals surface area contributed by atoms with Gasteiger partial charge in [0.1, 0.15) is 10.6 Å². The number of nitrogens with one attached hydrogen (secondary N) is 1. The molecule has 31 heavy (non-hydrogen) atoms. The molecular weight excluding hydrogens is 452 g/mol. The highest BCUT2D eigenvalue weighted by molar-refractivity contribution is 7.99. The Bertz CT molecular complexity index is 1280. The Hall–Kier alpha value is -2.43. The molecule has 1 N–H and O–H groups in total. The van der Waals surface area contributed by atoms with Gasteiger partial charge in [0.15, 0.2) is 10.3 Å². The second-order valence-electron chi connectivity index (χ2n) is 7.57. The van der Waals surface area contributed by atoms with Crippen LogP contribution in [0.25, 0.3) is 10.2 Å². The summed E-state index contributed by atoms with van der Waals surface area (Å²) in [6.07, 6.45) is 6.23. The largest absolute Gasteiger partial charge is 0.467 e. The van der Waals surface area contributed by atoms with Gasteiger partial charge in [0.2, 0.25) is 5.91 Å². The zero-order chi connectivity index (χ0) is 21.4. The third kappa shape index (κ3) is 4.19. The lowest BCUT2D eigenvalue weighted by atomic mass is 9.89. The van der Waals surface area contributed by atoms with E-state index in [2.05, 4.69) is 17.2 Å². The van der Waals surface area contributed by atoms with Crippen molar-refractivity contribution in [1.29, 1.82) is 0 Å². The van der Waals surface area contributed by atoms with E-state index in [0.717, 1.165) is 35.0 Å². The van der Waals surface area contributed by atoms with Crippen LogP contribution in [0.3, 0.4) is 0 Å². The van der Waals surface area contributed by atoms with Crippen LogP contribution in [0, 0.1) is 5.92 Å². The highest BCUT2D eigenvalue weighted by atomic mass is 32.2. The number of furan rings is 1. The van der Waals surface area contributed by atoms with Crippen LogP contribution in [-0.4, -0.2) is 26.2 Å². The Balaban J connectivity index is 1.50. The Kier molecular flexibility index (Phi) is 5.68. The Morgan fingerprint density at radius 3 is 3.13 bits per heavy atom. The van der Waals surface area contributed by atoms with Crippen LogP contribution >= 0.6 is 34.4 Å². The van der Waals surface area contributed by atoms with E-state index in [9.17, 15) is 9.59 Å². The molecule has 10 heteroatoms. The normalized spacial score (nSPS) is 15.8. The van der Waals surface area contributed by atoms with E-state index in [1.165, 1.54) is 28.0 Å². The topological polar surface area (TPSA) is 90.0 Å². The lowest BCUT2D eigenvalue weighted by Crippen LogP contribution is -2.25. The van der Waals surface area contributed by atoms with Crippen molar-refractivity contribution >= 4 is 55.7 Å². The van der Waals surface area contributed by atoms with Crippen molar-refractivity contribution in [3.05, 3.63) is 56.5 Å². The number of fused-ring (bicyclic) bond motifs is 3. The molecule has 4 heterocycles. The van der Waals surface area contributed by atoms with Gasteiger partial charge in [0, 0.05) is 16.5 Å². The van der Waals surface area contributed by atoms with Crippen molar-refractivity contribution in [2.24, 2.45) is 5.92 Å². The van der Waals surface area contributed by atoms with E-state index in [4.69, 9.17) is 9.40 Å². The predicted molar refractivity (Wildman–Crippen MR) is 124 cm³/mol. The average molecular weight is 473 g/mol. The fourth-order valence-corrected chi connectivity index (χ4v) is 6.55. The number of hydrogen-bond donors (Lipinski definition) is 1. The fourth-order valence-electron chi connectivity index (χ4n) is 3.78. The first-order valence-electron chi connectivity index (χ1n) is 9.98. The van der Waals surface area contributed by atoms with E-state index in [1.54, 1.807) is 39.8 Å². The summed E-state index contributed by atoms with van der Waals surface area (Å²) in [6, 6.07) is 3.64. The van der Waals surface area contributed by atoms with Crippen molar-refractivity contribution in [3.63, 3.8) is 0 Å². The van der Waals surface area contributed by atoms with E-state index in [1.807, 2.05) is 6.07 Å². The lowest BCUT2D eigenvalue weighted by Gasteiger charge is -2.17. The maximum absolute atomic E-state index is 13.6. The van der Waals surface area contributed by atoms with Gasteiger partial charge in [-0.05, 0) is 42.9 Å². The molecule has 4 aromatic rings. The third-order valence-electron chi connectivity index (χ3n) is 5.29. The number of carbonyl (C=O) groups excluding carboxylic acids is 1. The minimum atomic E-state index is -0.182. The summed E-state index contributed by atoms with van der Waals surface area (Å²) in [5.74, 6) is 1.25. The molecule has 0 aliphatic heterocycles. The number of anilines is 1. The second kappa shape index (κ2) is 8.60. The summed E-state index contributed by atoms with van der Waals surface area (Å²) in [5, 5.41) is 6.39. The number of rotatable bonds is 6. The van der Waals surface area contributed by atoms with Crippen molar-refractivity contribution in [2.75, 3.05) is 11.1 Å². The van der Waals surface area contributed by atoms with E-state index >= 15 is 0 Å². The van der Waals surface area contributed by atoms with Crippen LogP contribution in [0.15, 0.2) is 44.3 Å². The van der Waals surface area contributed by atoms with E-state index in [-0.39, 0.29) is 23.8 Å². The number of aryl methyl sites for hydroxylation is 1. The first-order valence-corrected chi connectivity index (χ1v) is 12.7. The molecule has 1 aliphatic carbocycles. The van der Waals surface area contributed by atoms with E-state index < -0.39 is 0 Å². The summed E-state index contributed by atoms with van der Waals surface area (Å²) in [7, 11) is 0. The van der Waals surface area contributed by atoms with Crippen molar-refractivity contribution in [2.45, 2.75) is 37.9 Å².